The lowest BCUT2D eigenvalue weighted by Crippen LogP contribution is -1.99. The van der Waals surface area contributed by atoms with Crippen LogP contribution in [0.3, 0.4) is 0 Å². The van der Waals surface area contributed by atoms with Crippen LogP contribution in [0.25, 0.3) is 28.5 Å². The van der Waals surface area contributed by atoms with Gasteiger partial charge in [0.05, 0.1) is 0 Å². The van der Waals surface area contributed by atoms with Gasteiger partial charge in [-0.05, 0) is 47.4 Å². The van der Waals surface area contributed by atoms with E-state index in [0.29, 0.717) is 29.5 Å². The number of rotatable bonds is 6. The Labute approximate surface area is 199 Å². The largest absolute Gasteiger partial charge is 0.420 e. The van der Waals surface area contributed by atoms with E-state index in [1.807, 2.05) is 39.8 Å². The topological polar surface area (TPSA) is 77.8 Å². The van der Waals surface area contributed by atoms with E-state index in [2.05, 4.69) is 75.0 Å². The number of allylic oxidation sites excluding steroid dienone is 4. The van der Waals surface area contributed by atoms with Crippen LogP contribution in [0.15, 0.2) is 75.6 Å². The Hall–Kier alpha value is -3.80. The third-order valence-electron chi connectivity index (χ3n) is 5.99. The van der Waals surface area contributed by atoms with Gasteiger partial charge in [0, 0.05) is 28.9 Å². The molecule has 0 saturated heterocycles. The van der Waals surface area contributed by atoms with Crippen molar-refractivity contribution < 1.29 is 8.83 Å². The van der Waals surface area contributed by atoms with Gasteiger partial charge in [-0.25, -0.2) is 0 Å². The first-order valence-electron chi connectivity index (χ1n) is 11.7. The van der Waals surface area contributed by atoms with Crippen LogP contribution in [0.2, 0.25) is 0 Å². The zero-order valence-corrected chi connectivity index (χ0v) is 19.9. The van der Waals surface area contributed by atoms with E-state index in [0.717, 1.165) is 23.1 Å². The van der Waals surface area contributed by atoms with Crippen molar-refractivity contribution in [3.63, 3.8) is 0 Å². The molecule has 0 aliphatic heterocycles. The van der Waals surface area contributed by atoms with Crippen molar-refractivity contribution in [3.05, 3.63) is 89.7 Å². The molecular formula is C28H28N4O2. The minimum Gasteiger partial charge on any atom is -0.420 e. The molecule has 0 saturated carbocycles. The van der Waals surface area contributed by atoms with Crippen LogP contribution in [0.4, 0.5) is 0 Å². The van der Waals surface area contributed by atoms with E-state index >= 15 is 0 Å². The highest BCUT2D eigenvalue weighted by Gasteiger charge is 2.16. The Morgan fingerprint density at radius 3 is 1.68 bits per heavy atom. The first kappa shape index (κ1) is 22.0. The molecule has 1 aliphatic carbocycles. The first-order valence-corrected chi connectivity index (χ1v) is 11.7. The molecule has 0 amide bonds. The van der Waals surface area contributed by atoms with Crippen molar-refractivity contribution in [2.24, 2.45) is 0 Å². The summed E-state index contributed by atoms with van der Waals surface area (Å²) >= 11 is 0. The fourth-order valence-electron chi connectivity index (χ4n) is 3.95. The molecule has 4 aromatic rings. The van der Waals surface area contributed by atoms with Gasteiger partial charge in [0.15, 0.2) is 0 Å². The molecule has 0 fully saturated rings. The summed E-state index contributed by atoms with van der Waals surface area (Å²) in [5.74, 6) is 3.19. The SMILES string of the molecule is CC(C)c1nnc(-c2ccc(C3=CC(c4ccc(-c5nnc(C(C)C)o5)cc4)CC=C3)cc2)o1. The lowest BCUT2D eigenvalue weighted by molar-refractivity contribution is 0.481. The zero-order chi connectivity index (χ0) is 23.7. The van der Waals surface area contributed by atoms with Gasteiger partial charge in [0.1, 0.15) is 0 Å². The van der Waals surface area contributed by atoms with E-state index in [1.54, 1.807) is 0 Å². The number of hydrogen-bond acceptors (Lipinski definition) is 6. The molecule has 1 atom stereocenters. The highest BCUT2D eigenvalue weighted by molar-refractivity contribution is 5.77. The predicted molar refractivity (Wildman–Crippen MR) is 132 cm³/mol. The maximum atomic E-state index is 5.79. The van der Waals surface area contributed by atoms with E-state index in [9.17, 15) is 0 Å². The van der Waals surface area contributed by atoms with Crippen molar-refractivity contribution >= 4 is 5.57 Å². The maximum Gasteiger partial charge on any atom is 0.247 e. The highest BCUT2D eigenvalue weighted by Crippen LogP contribution is 2.33. The number of benzene rings is 2. The second-order valence-electron chi connectivity index (χ2n) is 9.27. The maximum absolute atomic E-state index is 5.79. The minimum atomic E-state index is 0.216. The molecule has 2 aromatic heterocycles. The molecule has 6 nitrogen and oxygen atoms in total. The van der Waals surface area contributed by atoms with E-state index in [1.165, 1.54) is 11.1 Å². The fraction of sp³-hybridized carbons (Fsp3) is 0.286. The van der Waals surface area contributed by atoms with Gasteiger partial charge in [-0.2, -0.15) is 0 Å². The molecule has 1 aliphatic rings. The number of hydrogen-bond donors (Lipinski definition) is 0. The second-order valence-corrected chi connectivity index (χ2v) is 9.27. The van der Waals surface area contributed by atoms with E-state index in [4.69, 9.17) is 8.83 Å². The fourth-order valence-corrected chi connectivity index (χ4v) is 3.95. The molecular weight excluding hydrogens is 424 g/mol. The normalized spacial score (nSPS) is 15.8. The zero-order valence-electron chi connectivity index (χ0n) is 19.9. The molecule has 6 heteroatoms. The van der Waals surface area contributed by atoms with Crippen LogP contribution in [0, 0.1) is 0 Å². The highest BCUT2D eigenvalue weighted by atomic mass is 16.4. The Balaban J connectivity index is 1.33. The van der Waals surface area contributed by atoms with Gasteiger partial charge in [0.2, 0.25) is 23.6 Å². The van der Waals surface area contributed by atoms with Crippen molar-refractivity contribution in [1.82, 2.24) is 20.4 Å². The van der Waals surface area contributed by atoms with Gasteiger partial charge in [-0.15, -0.1) is 20.4 Å². The Bertz CT molecular complexity index is 1330. The molecule has 0 radical (unpaired) electrons. The third-order valence-corrected chi connectivity index (χ3v) is 5.99. The smallest absolute Gasteiger partial charge is 0.247 e. The van der Waals surface area contributed by atoms with Crippen LogP contribution >= 0.6 is 0 Å². The van der Waals surface area contributed by atoms with Crippen LogP contribution in [0.1, 0.15) is 74.8 Å². The van der Waals surface area contributed by atoms with Gasteiger partial charge in [0.25, 0.3) is 0 Å². The van der Waals surface area contributed by atoms with E-state index < -0.39 is 0 Å². The number of nitrogens with zero attached hydrogens (tertiary/aromatic N) is 4. The summed E-state index contributed by atoms with van der Waals surface area (Å²) in [6.07, 6.45) is 7.73. The van der Waals surface area contributed by atoms with Crippen LogP contribution in [-0.4, -0.2) is 20.4 Å². The summed E-state index contributed by atoms with van der Waals surface area (Å²) in [5.41, 5.74) is 5.50. The monoisotopic (exact) mass is 452 g/mol. The van der Waals surface area contributed by atoms with Crippen molar-refractivity contribution in [2.45, 2.75) is 51.9 Å². The lowest BCUT2D eigenvalue weighted by Gasteiger charge is -2.18. The average molecular weight is 453 g/mol. The van der Waals surface area contributed by atoms with E-state index in [-0.39, 0.29) is 11.8 Å². The molecule has 1 unspecified atom stereocenters. The molecule has 0 spiro atoms. The number of aromatic nitrogens is 4. The summed E-state index contributed by atoms with van der Waals surface area (Å²) < 4.78 is 11.6. The quantitative estimate of drug-likeness (QED) is 0.309. The van der Waals surface area contributed by atoms with Gasteiger partial charge >= 0.3 is 0 Å². The van der Waals surface area contributed by atoms with Crippen LogP contribution in [-0.2, 0) is 0 Å². The Morgan fingerprint density at radius 1 is 0.676 bits per heavy atom. The van der Waals surface area contributed by atoms with Gasteiger partial charge < -0.3 is 8.83 Å². The average Bonchev–Trinajstić information content (AvgIpc) is 3.55. The standard InChI is InChI=1S/C28H28N4O2/c1-17(2)25-29-31-27(33-25)21-12-8-19(9-13-21)23-6-5-7-24(16-23)20-10-14-22(15-11-20)28-32-30-26(34-28)18(3)4/h5-6,8-18,24H,7H2,1-4H3. The molecule has 5 rings (SSSR count). The van der Waals surface area contributed by atoms with Gasteiger partial charge in [-0.1, -0.05) is 70.2 Å². The van der Waals surface area contributed by atoms with Crippen molar-refractivity contribution in [3.8, 4) is 22.9 Å². The molecule has 0 bridgehead atoms. The van der Waals surface area contributed by atoms with Gasteiger partial charge in [-0.3, -0.25) is 0 Å². The van der Waals surface area contributed by atoms with Crippen LogP contribution < -0.4 is 0 Å². The van der Waals surface area contributed by atoms with Crippen molar-refractivity contribution in [1.29, 1.82) is 0 Å². The van der Waals surface area contributed by atoms with Crippen LogP contribution in [0.5, 0.6) is 0 Å². The third kappa shape index (κ3) is 4.49. The predicted octanol–water partition coefficient (Wildman–Crippen LogP) is 7.16. The van der Waals surface area contributed by atoms with Crippen molar-refractivity contribution in [2.75, 3.05) is 0 Å². The molecule has 34 heavy (non-hydrogen) atoms. The molecule has 172 valence electrons. The Kier molecular flexibility index (Phi) is 5.97. The minimum absolute atomic E-state index is 0.216. The summed E-state index contributed by atoms with van der Waals surface area (Å²) in [6.45, 7) is 8.17. The lowest BCUT2D eigenvalue weighted by atomic mass is 9.87. The Morgan fingerprint density at radius 2 is 1.18 bits per heavy atom. The summed E-state index contributed by atoms with van der Waals surface area (Å²) in [4.78, 5) is 0. The second kappa shape index (κ2) is 9.21. The molecule has 2 aromatic carbocycles. The molecule has 0 N–H and O–H groups in total. The first-order chi connectivity index (χ1) is 16.5. The molecule has 2 heterocycles. The summed E-state index contributed by atoms with van der Waals surface area (Å²) in [6, 6.07) is 16.7. The summed E-state index contributed by atoms with van der Waals surface area (Å²) in [5, 5.41) is 16.6. The summed E-state index contributed by atoms with van der Waals surface area (Å²) in [7, 11) is 0.